The Morgan fingerprint density at radius 2 is 1.75 bits per heavy atom. The van der Waals surface area contributed by atoms with Crippen molar-refractivity contribution >= 4 is 23.6 Å². The molecule has 0 spiro atoms. The Hall–Kier alpha value is -3.43. The fourth-order valence-electron chi connectivity index (χ4n) is 3.56. The monoisotopic (exact) mass is 515 g/mol. The number of hydrogen-bond donors (Lipinski definition) is 2. The van der Waals surface area contributed by atoms with Crippen LogP contribution in [0.2, 0.25) is 0 Å². The van der Waals surface area contributed by atoms with Gasteiger partial charge in [-0.3, -0.25) is 9.59 Å². The largest absolute Gasteiger partial charge is 0.489 e. The van der Waals surface area contributed by atoms with Crippen LogP contribution in [0.1, 0.15) is 29.3 Å². The molecule has 3 aromatic carbocycles. The van der Waals surface area contributed by atoms with E-state index in [0.29, 0.717) is 32.9 Å². The number of amides is 1. The molecule has 0 aromatic heterocycles. The minimum absolute atomic E-state index is 0.117. The molecule has 0 heterocycles. The van der Waals surface area contributed by atoms with Gasteiger partial charge in [-0.25, -0.2) is 8.78 Å². The van der Waals surface area contributed by atoms with Crippen LogP contribution in [-0.2, 0) is 11.4 Å². The van der Waals surface area contributed by atoms with Crippen LogP contribution < -0.4 is 4.74 Å². The molecule has 36 heavy (non-hydrogen) atoms. The van der Waals surface area contributed by atoms with Gasteiger partial charge in [-0.15, -0.1) is 11.8 Å². The van der Waals surface area contributed by atoms with Crippen LogP contribution in [0.15, 0.2) is 65.6 Å². The first-order chi connectivity index (χ1) is 17.2. The zero-order chi connectivity index (χ0) is 26.2. The van der Waals surface area contributed by atoms with Gasteiger partial charge in [0, 0.05) is 17.0 Å². The zero-order valence-corrected chi connectivity index (χ0v) is 20.7. The molecule has 3 aromatic rings. The van der Waals surface area contributed by atoms with Crippen LogP contribution in [0.25, 0.3) is 11.1 Å². The van der Waals surface area contributed by atoms with Crippen molar-refractivity contribution in [2.24, 2.45) is 0 Å². The van der Waals surface area contributed by atoms with Gasteiger partial charge in [0.25, 0.3) is 5.91 Å². The van der Waals surface area contributed by atoms with E-state index in [9.17, 15) is 23.5 Å². The number of aliphatic carboxylic acids is 1. The van der Waals surface area contributed by atoms with E-state index in [-0.39, 0.29) is 19.6 Å². The summed E-state index contributed by atoms with van der Waals surface area (Å²) < 4.78 is 33.2. The van der Waals surface area contributed by atoms with Crippen LogP contribution in [0.4, 0.5) is 8.78 Å². The smallest absolute Gasteiger partial charge is 0.323 e. The van der Waals surface area contributed by atoms with Gasteiger partial charge in [-0.05, 0) is 72.7 Å². The summed E-state index contributed by atoms with van der Waals surface area (Å²) in [6.07, 6.45) is 1.40. The molecule has 0 aliphatic rings. The highest BCUT2D eigenvalue weighted by Gasteiger charge is 2.19. The molecule has 3 rings (SSSR count). The van der Waals surface area contributed by atoms with Gasteiger partial charge in [0.2, 0.25) is 0 Å². The minimum Gasteiger partial charge on any atom is -0.489 e. The van der Waals surface area contributed by atoms with Gasteiger partial charge in [-0.2, -0.15) is 0 Å². The summed E-state index contributed by atoms with van der Waals surface area (Å²) in [5.74, 6) is -2.83. The van der Waals surface area contributed by atoms with Crippen molar-refractivity contribution in [2.75, 3.05) is 19.3 Å². The predicted molar refractivity (Wildman–Crippen MR) is 134 cm³/mol. The third-order valence-electron chi connectivity index (χ3n) is 5.42. The lowest BCUT2D eigenvalue weighted by Gasteiger charge is -2.21. The lowest BCUT2D eigenvalue weighted by atomic mass is 10.1. The number of thioether (sulfide) groups is 1. The maximum Gasteiger partial charge on any atom is 0.323 e. The highest BCUT2D eigenvalue weighted by molar-refractivity contribution is 7.98. The molecule has 0 aliphatic heterocycles. The molecule has 1 atom stereocenters. The predicted octanol–water partition coefficient (Wildman–Crippen LogP) is 5.23. The lowest BCUT2D eigenvalue weighted by Crippen LogP contribution is -2.37. The summed E-state index contributed by atoms with van der Waals surface area (Å²) in [5, 5.41) is 18.7. The number of aliphatic hydroxyl groups is 1. The molecule has 1 unspecified atom stereocenters. The highest BCUT2D eigenvalue weighted by Crippen LogP contribution is 2.33. The highest BCUT2D eigenvalue weighted by atomic mass is 32.2. The Morgan fingerprint density at radius 1 is 1.06 bits per heavy atom. The van der Waals surface area contributed by atoms with Crippen LogP contribution in [0.5, 0.6) is 5.75 Å². The normalized spacial score (nSPS) is 11.7. The van der Waals surface area contributed by atoms with Crippen molar-refractivity contribution in [3.63, 3.8) is 0 Å². The number of carboxylic acid groups (broad SMARTS) is 1. The second-order valence-electron chi connectivity index (χ2n) is 8.24. The van der Waals surface area contributed by atoms with E-state index in [1.807, 2.05) is 0 Å². The van der Waals surface area contributed by atoms with Gasteiger partial charge in [0.15, 0.2) is 11.6 Å². The number of aliphatic hydroxyl groups excluding tert-OH is 1. The molecule has 0 saturated carbocycles. The van der Waals surface area contributed by atoms with Gasteiger partial charge >= 0.3 is 5.97 Å². The fraction of sp³-hybridized carbons (Fsp3) is 0.259. The summed E-state index contributed by atoms with van der Waals surface area (Å²) in [4.78, 5) is 25.9. The first-order valence-electron chi connectivity index (χ1n) is 11.2. The number of carbonyl (C=O) groups is 2. The molecule has 2 N–H and O–H groups in total. The Bertz CT molecular complexity index is 1220. The third kappa shape index (κ3) is 7.29. The Kier molecular flexibility index (Phi) is 9.44. The number of hydrogen-bond acceptors (Lipinski definition) is 5. The first kappa shape index (κ1) is 27.2. The van der Waals surface area contributed by atoms with Crippen molar-refractivity contribution in [2.45, 2.75) is 31.0 Å². The van der Waals surface area contributed by atoms with E-state index in [0.717, 1.165) is 0 Å². The Labute approximate surface area is 212 Å². The quantitative estimate of drug-likeness (QED) is 0.340. The number of rotatable bonds is 11. The van der Waals surface area contributed by atoms with E-state index in [1.165, 1.54) is 28.8 Å². The fourth-order valence-corrected chi connectivity index (χ4v) is 4.17. The standard InChI is InChI=1S/C27H27F2NO5S/c1-17(31)10-11-30(15-26(32)33)27(34)20-5-3-4-18(12-20)16-35-21-8-6-19(7-9-21)22-13-23(28)24(29)14-25(22)36-2/h3-9,12-14,17,31H,10-11,15-16H2,1-2H3,(H,32,33). The topological polar surface area (TPSA) is 87.1 Å². The van der Waals surface area contributed by atoms with Gasteiger partial charge < -0.3 is 19.8 Å². The third-order valence-corrected chi connectivity index (χ3v) is 6.19. The molecular weight excluding hydrogens is 488 g/mol. The summed E-state index contributed by atoms with van der Waals surface area (Å²) in [6.45, 7) is 1.39. The molecule has 0 saturated heterocycles. The molecule has 0 radical (unpaired) electrons. The van der Waals surface area contributed by atoms with Gasteiger partial charge in [0.1, 0.15) is 18.9 Å². The van der Waals surface area contributed by atoms with Crippen LogP contribution >= 0.6 is 11.8 Å². The van der Waals surface area contributed by atoms with Crippen molar-refractivity contribution < 1.29 is 33.3 Å². The molecule has 0 aliphatic carbocycles. The van der Waals surface area contributed by atoms with Crippen molar-refractivity contribution in [1.82, 2.24) is 4.90 Å². The summed E-state index contributed by atoms with van der Waals surface area (Å²) in [6, 6.07) is 16.0. The molecule has 1 amide bonds. The molecular formula is C27H27F2NO5S. The summed E-state index contributed by atoms with van der Waals surface area (Å²) >= 11 is 1.32. The minimum atomic E-state index is -1.13. The zero-order valence-electron chi connectivity index (χ0n) is 19.9. The SMILES string of the molecule is CSc1cc(F)c(F)cc1-c1ccc(OCc2cccc(C(=O)N(CCC(C)O)CC(=O)O)c2)cc1. The molecule has 9 heteroatoms. The van der Waals surface area contributed by atoms with Crippen LogP contribution in [-0.4, -0.2) is 52.4 Å². The van der Waals surface area contributed by atoms with Crippen molar-refractivity contribution in [3.8, 4) is 16.9 Å². The van der Waals surface area contributed by atoms with Crippen molar-refractivity contribution in [1.29, 1.82) is 0 Å². The lowest BCUT2D eigenvalue weighted by molar-refractivity contribution is -0.137. The number of ether oxygens (including phenoxy) is 1. The number of carbonyl (C=O) groups excluding carboxylic acids is 1. The summed E-state index contributed by atoms with van der Waals surface area (Å²) in [5.41, 5.74) is 2.33. The number of benzene rings is 3. The van der Waals surface area contributed by atoms with E-state index in [4.69, 9.17) is 9.84 Å². The maximum atomic E-state index is 13.8. The molecule has 0 fully saturated rings. The first-order valence-corrected chi connectivity index (χ1v) is 12.4. The van der Waals surface area contributed by atoms with E-state index < -0.39 is 36.2 Å². The van der Waals surface area contributed by atoms with Crippen LogP contribution in [0, 0.1) is 11.6 Å². The van der Waals surface area contributed by atoms with Crippen LogP contribution in [0.3, 0.4) is 0 Å². The summed E-state index contributed by atoms with van der Waals surface area (Å²) in [7, 11) is 0. The van der Waals surface area contributed by atoms with E-state index in [2.05, 4.69) is 0 Å². The van der Waals surface area contributed by atoms with Gasteiger partial charge in [0.05, 0.1) is 6.10 Å². The second kappa shape index (κ2) is 12.5. The van der Waals surface area contributed by atoms with E-state index >= 15 is 0 Å². The molecule has 0 bridgehead atoms. The average molecular weight is 516 g/mol. The molecule has 190 valence electrons. The molecule has 6 nitrogen and oxygen atoms in total. The maximum absolute atomic E-state index is 13.8. The Morgan fingerprint density at radius 3 is 2.39 bits per heavy atom. The number of halogens is 2. The van der Waals surface area contributed by atoms with E-state index in [1.54, 1.807) is 61.7 Å². The number of nitrogens with zero attached hydrogens (tertiary/aromatic N) is 1. The second-order valence-corrected chi connectivity index (χ2v) is 9.09. The average Bonchev–Trinajstić information content (AvgIpc) is 2.86. The van der Waals surface area contributed by atoms with Gasteiger partial charge in [-0.1, -0.05) is 24.3 Å². The Balaban J connectivity index is 1.69. The van der Waals surface area contributed by atoms with Crippen molar-refractivity contribution in [3.05, 3.63) is 83.4 Å². The number of carboxylic acids is 1.